The lowest BCUT2D eigenvalue weighted by Gasteiger charge is -2.16. The number of hydrogen-bond acceptors (Lipinski definition) is 6. The van der Waals surface area contributed by atoms with E-state index in [4.69, 9.17) is 20.3 Å². The number of carbonyl (C=O) groups excluding carboxylic acids is 1. The fourth-order valence-corrected chi connectivity index (χ4v) is 4.15. The molecule has 8 heteroatoms. The van der Waals surface area contributed by atoms with Crippen molar-refractivity contribution in [1.82, 2.24) is 19.7 Å². The molecule has 1 aliphatic heterocycles. The molecule has 2 N–H and O–H groups in total. The number of aromatic nitrogens is 3. The van der Waals surface area contributed by atoms with E-state index in [-0.39, 0.29) is 11.9 Å². The molecule has 8 nitrogen and oxygen atoms in total. The van der Waals surface area contributed by atoms with E-state index in [9.17, 15) is 4.79 Å². The van der Waals surface area contributed by atoms with Gasteiger partial charge in [-0.3, -0.25) is 9.48 Å². The zero-order valence-electron chi connectivity index (χ0n) is 19.1. The molecule has 1 aromatic carbocycles. The molecule has 1 fully saturated rings. The van der Waals surface area contributed by atoms with Crippen LogP contribution in [0.2, 0.25) is 0 Å². The molecule has 0 radical (unpaired) electrons. The number of ether oxygens (including phenoxy) is 2. The van der Waals surface area contributed by atoms with E-state index in [0.717, 1.165) is 34.9 Å². The maximum Gasteiger partial charge on any atom is 0.246 e. The van der Waals surface area contributed by atoms with Gasteiger partial charge in [-0.2, -0.15) is 5.10 Å². The molecule has 1 atom stereocenters. The Bertz CT molecular complexity index is 1260. The lowest BCUT2D eigenvalue weighted by Crippen LogP contribution is -2.27. The highest BCUT2D eigenvalue weighted by atomic mass is 16.5. The maximum absolute atomic E-state index is 12.1. The second-order valence-corrected chi connectivity index (χ2v) is 7.82. The minimum atomic E-state index is -0.0714. The number of anilines is 1. The highest BCUT2D eigenvalue weighted by Crippen LogP contribution is 2.32. The number of likely N-dealkylation sites (tertiary alicyclic amines) is 1. The van der Waals surface area contributed by atoms with Gasteiger partial charge >= 0.3 is 0 Å². The van der Waals surface area contributed by atoms with Crippen molar-refractivity contribution in [3.8, 4) is 23.3 Å². The summed E-state index contributed by atoms with van der Waals surface area (Å²) in [4.78, 5) is 18.3. The Balaban J connectivity index is 1.82. The lowest BCUT2D eigenvalue weighted by atomic mass is 10.1. The van der Waals surface area contributed by atoms with Gasteiger partial charge in [0.2, 0.25) is 5.91 Å². The second-order valence-electron chi connectivity index (χ2n) is 7.82. The fourth-order valence-electron chi connectivity index (χ4n) is 4.15. The summed E-state index contributed by atoms with van der Waals surface area (Å²) in [6.07, 6.45) is 4.71. The zero-order valence-corrected chi connectivity index (χ0v) is 19.1. The van der Waals surface area contributed by atoms with Crippen LogP contribution in [0.15, 0.2) is 37.1 Å². The Hall–Kier alpha value is -3.99. The number of nitrogens with two attached hydrogens (primary N) is 1. The predicted octanol–water partition coefficient (Wildman–Crippen LogP) is 2.95. The van der Waals surface area contributed by atoms with Crippen molar-refractivity contribution in [1.29, 1.82) is 0 Å². The number of benzene rings is 1. The molecule has 0 spiro atoms. The van der Waals surface area contributed by atoms with Crippen molar-refractivity contribution in [3.63, 3.8) is 0 Å². The van der Waals surface area contributed by atoms with Crippen molar-refractivity contribution >= 4 is 22.6 Å². The van der Waals surface area contributed by atoms with E-state index in [1.165, 1.54) is 6.08 Å². The summed E-state index contributed by atoms with van der Waals surface area (Å²) in [5.41, 5.74) is 9.55. The SMILES string of the molecule is C=CC(=O)N1CCC(n2nc(C#Cc3cc(OC)cc(OC)c3)c3c(N)ncc(CC)c32)C1. The van der Waals surface area contributed by atoms with E-state index < -0.39 is 0 Å². The van der Waals surface area contributed by atoms with Gasteiger partial charge < -0.3 is 20.1 Å². The van der Waals surface area contributed by atoms with Crippen LogP contribution >= 0.6 is 0 Å². The van der Waals surface area contributed by atoms with E-state index in [1.54, 1.807) is 31.4 Å². The van der Waals surface area contributed by atoms with Crippen LogP contribution in [0.4, 0.5) is 5.82 Å². The van der Waals surface area contributed by atoms with Gasteiger partial charge in [0, 0.05) is 30.9 Å². The highest BCUT2D eigenvalue weighted by Gasteiger charge is 2.29. The molecule has 4 rings (SSSR count). The number of rotatable bonds is 5. The first kappa shape index (κ1) is 22.2. The fraction of sp³-hybridized carbons (Fsp3) is 0.320. The van der Waals surface area contributed by atoms with Gasteiger partial charge in [-0.25, -0.2) is 4.98 Å². The summed E-state index contributed by atoms with van der Waals surface area (Å²) in [6.45, 7) is 6.89. The van der Waals surface area contributed by atoms with Crippen molar-refractivity contribution in [3.05, 3.63) is 53.9 Å². The average Bonchev–Trinajstić information content (AvgIpc) is 3.48. The van der Waals surface area contributed by atoms with Gasteiger partial charge in [-0.1, -0.05) is 19.4 Å². The second kappa shape index (κ2) is 9.25. The smallest absolute Gasteiger partial charge is 0.246 e. The standard InChI is InChI=1S/C25H27N5O3/c1-5-17-14-27-25(26)23-21(8-7-16-11-19(32-3)13-20(12-16)33-4)28-30(24(17)23)18-9-10-29(15-18)22(31)6-2/h6,11-14,18H,2,5,9-10,15H2,1,3-4H3,(H2,26,27). The van der Waals surface area contributed by atoms with Crippen LogP contribution in [0, 0.1) is 11.8 Å². The monoisotopic (exact) mass is 445 g/mol. The van der Waals surface area contributed by atoms with Gasteiger partial charge in [0.05, 0.1) is 31.2 Å². The Morgan fingerprint density at radius 1 is 1.27 bits per heavy atom. The highest BCUT2D eigenvalue weighted by molar-refractivity contribution is 5.95. The van der Waals surface area contributed by atoms with E-state index in [2.05, 4.69) is 30.3 Å². The number of hydrogen-bond donors (Lipinski definition) is 1. The Morgan fingerprint density at radius 3 is 2.64 bits per heavy atom. The Morgan fingerprint density at radius 2 is 2.00 bits per heavy atom. The molecular weight excluding hydrogens is 418 g/mol. The normalized spacial score (nSPS) is 15.2. The first-order valence-electron chi connectivity index (χ1n) is 10.8. The van der Waals surface area contributed by atoms with Gasteiger partial charge in [-0.05, 0) is 42.5 Å². The number of nitrogen functional groups attached to an aromatic ring is 1. The molecule has 0 aliphatic carbocycles. The lowest BCUT2D eigenvalue weighted by molar-refractivity contribution is -0.125. The topological polar surface area (TPSA) is 95.5 Å². The van der Waals surface area contributed by atoms with Crippen LogP contribution in [-0.4, -0.2) is 52.9 Å². The maximum atomic E-state index is 12.1. The molecule has 0 bridgehead atoms. The number of aryl methyl sites for hydroxylation is 1. The van der Waals surface area contributed by atoms with Crippen LogP contribution in [0.3, 0.4) is 0 Å². The third kappa shape index (κ3) is 4.22. The van der Waals surface area contributed by atoms with Gasteiger partial charge in [0.25, 0.3) is 0 Å². The van der Waals surface area contributed by atoms with Crippen LogP contribution in [0.25, 0.3) is 10.9 Å². The number of carbonyl (C=O) groups is 1. The van der Waals surface area contributed by atoms with Crippen molar-refractivity contribution < 1.29 is 14.3 Å². The number of nitrogens with zero attached hydrogens (tertiary/aromatic N) is 4. The molecule has 2 aromatic heterocycles. The molecule has 1 amide bonds. The third-order valence-corrected chi connectivity index (χ3v) is 5.88. The molecule has 1 unspecified atom stereocenters. The summed E-state index contributed by atoms with van der Waals surface area (Å²) in [5.74, 6) is 7.96. The average molecular weight is 446 g/mol. The largest absolute Gasteiger partial charge is 0.497 e. The van der Waals surface area contributed by atoms with Crippen LogP contribution < -0.4 is 15.2 Å². The first-order valence-corrected chi connectivity index (χ1v) is 10.8. The summed E-state index contributed by atoms with van der Waals surface area (Å²) in [5, 5.41) is 5.60. The molecule has 0 saturated carbocycles. The van der Waals surface area contributed by atoms with Crippen LogP contribution in [0.1, 0.15) is 36.2 Å². The molecule has 3 heterocycles. The van der Waals surface area contributed by atoms with Crippen molar-refractivity contribution in [2.75, 3.05) is 33.0 Å². The Labute approximate surface area is 193 Å². The minimum absolute atomic E-state index is 0.0240. The molecular formula is C25H27N5O3. The summed E-state index contributed by atoms with van der Waals surface area (Å²) < 4.78 is 12.7. The quantitative estimate of drug-likeness (QED) is 0.479. The molecule has 3 aromatic rings. The third-order valence-electron chi connectivity index (χ3n) is 5.88. The summed E-state index contributed by atoms with van der Waals surface area (Å²) in [7, 11) is 3.20. The zero-order chi connectivity index (χ0) is 23.5. The number of fused-ring (bicyclic) bond motifs is 1. The first-order chi connectivity index (χ1) is 16.0. The molecule has 1 saturated heterocycles. The van der Waals surface area contributed by atoms with E-state index in [1.807, 2.05) is 16.8 Å². The number of methoxy groups -OCH3 is 2. The molecule has 33 heavy (non-hydrogen) atoms. The van der Waals surface area contributed by atoms with Gasteiger partial charge in [0.15, 0.2) is 0 Å². The predicted molar refractivity (Wildman–Crippen MR) is 127 cm³/mol. The van der Waals surface area contributed by atoms with Gasteiger partial charge in [0.1, 0.15) is 23.0 Å². The van der Waals surface area contributed by atoms with Crippen molar-refractivity contribution in [2.45, 2.75) is 25.8 Å². The summed E-state index contributed by atoms with van der Waals surface area (Å²) in [6, 6.07) is 5.49. The number of amides is 1. The molecule has 1 aliphatic rings. The summed E-state index contributed by atoms with van der Waals surface area (Å²) >= 11 is 0. The van der Waals surface area contributed by atoms with Crippen molar-refractivity contribution in [2.24, 2.45) is 0 Å². The van der Waals surface area contributed by atoms with Crippen LogP contribution in [0.5, 0.6) is 11.5 Å². The minimum Gasteiger partial charge on any atom is -0.497 e. The number of pyridine rings is 1. The van der Waals surface area contributed by atoms with E-state index in [0.29, 0.717) is 36.1 Å². The van der Waals surface area contributed by atoms with E-state index >= 15 is 0 Å². The van der Waals surface area contributed by atoms with Crippen LogP contribution in [-0.2, 0) is 11.2 Å². The Kier molecular flexibility index (Phi) is 6.22. The van der Waals surface area contributed by atoms with Gasteiger partial charge in [-0.15, -0.1) is 0 Å². The molecule has 170 valence electrons.